The Hall–Kier alpha value is -2.42. The lowest BCUT2D eigenvalue weighted by Crippen LogP contribution is -2.61. The van der Waals surface area contributed by atoms with Gasteiger partial charge in [-0.15, -0.1) is 0 Å². The molecule has 0 bridgehead atoms. The highest BCUT2D eigenvalue weighted by atomic mass is 32.2. The van der Waals surface area contributed by atoms with Crippen molar-refractivity contribution in [3.05, 3.63) is 42.5 Å². The van der Waals surface area contributed by atoms with Gasteiger partial charge in [-0.05, 0) is 12.1 Å². The minimum absolute atomic E-state index is 0.0167. The van der Waals surface area contributed by atoms with E-state index in [1.54, 1.807) is 41.8 Å². The zero-order valence-corrected chi connectivity index (χ0v) is 13.7. The number of H-pyrrole nitrogens is 1. The fourth-order valence-corrected chi connectivity index (χ4v) is 5.50. The van der Waals surface area contributed by atoms with Crippen LogP contribution in [0.5, 0.6) is 0 Å². The molecule has 126 valence electrons. The van der Waals surface area contributed by atoms with E-state index < -0.39 is 9.84 Å². The van der Waals surface area contributed by atoms with Crippen LogP contribution in [0.2, 0.25) is 0 Å². The average Bonchev–Trinajstić information content (AvgIpc) is 3.20. The fraction of sp³-hybridized carbons (Fsp3) is 0.400. The molecule has 24 heavy (non-hydrogen) atoms. The third-order valence-corrected chi connectivity index (χ3v) is 6.29. The van der Waals surface area contributed by atoms with Crippen molar-refractivity contribution in [1.82, 2.24) is 19.9 Å². The van der Waals surface area contributed by atoms with Gasteiger partial charge in [-0.2, -0.15) is 0 Å². The van der Waals surface area contributed by atoms with E-state index in [4.69, 9.17) is 0 Å². The van der Waals surface area contributed by atoms with Crippen LogP contribution >= 0.6 is 0 Å². The number of carbonyl (C=O) groups is 1. The number of aromatic nitrogens is 3. The molecule has 0 aliphatic carbocycles. The Morgan fingerprint density at radius 3 is 2.62 bits per heavy atom. The number of rotatable bonds is 2. The molecule has 2 fully saturated rings. The zero-order chi connectivity index (χ0) is 16.7. The molecule has 1 N–H and O–H groups in total. The summed E-state index contributed by atoms with van der Waals surface area (Å²) in [5.74, 6) is 0.375. The molecule has 9 heteroatoms. The molecule has 1 amide bonds. The monoisotopic (exact) mass is 347 g/mol. The maximum Gasteiger partial charge on any atom is 0.255 e. The third-order valence-electron chi connectivity index (χ3n) is 4.59. The largest absolute Gasteiger partial charge is 0.367 e. The molecule has 2 aliphatic rings. The van der Waals surface area contributed by atoms with Gasteiger partial charge >= 0.3 is 0 Å². The summed E-state index contributed by atoms with van der Waals surface area (Å²) < 4.78 is 24.4. The number of fused-ring (bicyclic) bond motifs is 1. The molecule has 4 rings (SSSR count). The predicted molar refractivity (Wildman–Crippen MR) is 87.4 cm³/mol. The molecule has 0 saturated carbocycles. The molecule has 2 aromatic rings. The number of piperazine rings is 1. The van der Waals surface area contributed by atoms with Crippen LogP contribution in [0.1, 0.15) is 10.4 Å². The van der Waals surface area contributed by atoms with Crippen LogP contribution in [-0.2, 0) is 9.84 Å². The van der Waals surface area contributed by atoms with E-state index in [0.29, 0.717) is 24.6 Å². The van der Waals surface area contributed by atoms with Crippen LogP contribution < -0.4 is 4.90 Å². The van der Waals surface area contributed by atoms with Crippen LogP contribution in [0, 0.1) is 0 Å². The van der Waals surface area contributed by atoms with Crippen molar-refractivity contribution in [3.8, 4) is 0 Å². The second-order valence-electron chi connectivity index (χ2n) is 6.05. The highest BCUT2D eigenvalue weighted by Crippen LogP contribution is 2.30. The first-order chi connectivity index (χ1) is 11.6. The number of hydrogen-bond donors (Lipinski definition) is 1. The lowest BCUT2D eigenvalue weighted by atomic mass is 10.0. The summed E-state index contributed by atoms with van der Waals surface area (Å²) in [5.41, 5.74) is 0.544. The van der Waals surface area contributed by atoms with Crippen molar-refractivity contribution in [2.24, 2.45) is 0 Å². The molecule has 0 aromatic carbocycles. The van der Waals surface area contributed by atoms with Gasteiger partial charge in [0, 0.05) is 37.9 Å². The maximum atomic E-state index is 12.7. The molecule has 0 unspecified atom stereocenters. The molecule has 2 aromatic heterocycles. The van der Waals surface area contributed by atoms with Gasteiger partial charge in [0.25, 0.3) is 5.91 Å². The topological polar surface area (TPSA) is 99.3 Å². The molecule has 0 spiro atoms. The van der Waals surface area contributed by atoms with Crippen LogP contribution in [-0.4, -0.2) is 70.9 Å². The van der Waals surface area contributed by atoms with E-state index in [-0.39, 0.29) is 29.5 Å². The Morgan fingerprint density at radius 2 is 1.92 bits per heavy atom. The third kappa shape index (κ3) is 2.54. The molecule has 0 radical (unpaired) electrons. The Morgan fingerprint density at radius 1 is 1.17 bits per heavy atom. The summed E-state index contributed by atoms with van der Waals surface area (Å²) in [6.07, 6.45) is 6.59. The molecule has 2 saturated heterocycles. The van der Waals surface area contributed by atoms with Crippen molar-refractivity contribution < 1.29 is 13.2 Å². The lowest BCUT2D eigenvalue weighted by molar-refractivity contribution is 0.0648. The van der Waals surface area contributed by atoms with Crippen molar-refractivity contribution >= 4 is 21.7 Å². The van der Waals surface area contributed by atoms with E-state index >= 15 is 0 Å². The minimum Gasteiger partial charge on any atom is -0.367 e. The first kappa shape index (κ1) is 15.1. The Balaban J connectivity index is 1.67. The number of amides is 1. The first-order valence-electron chi connectivity index (χ1n) is 7.73. The lowest BCUT2D eigenvalue weighted by Gasteiger charge is -2.43. The predicted octanol–water partition coefficient (Wildman–Crippen LogP) is -0.0673. The van der Waals surface area contributed by atoms with Crippen molar-refractivity contribution in [3.63, 3.8) is 0 Å². The summed E-state index contributed by atoms with van der Waals surface area (Å²) in [5, 5.41) is 0. The molecular formula is C15H17N5O3S. The van der Waals surface area contributed by atoms with Crippen LogP contribution in [0.3, 0.4) is 0 Å². The Kier molecular flexibility index (Phi) is 3.52. The van der Waals surface area contributed by atoms with E-state index in [1.807, 2.05) is 4.90 Å². The van der Waals surface area contributed by atoms with E-state index in [9.17, 15) is 13.2 Å². The summed E-state index contributed by atoms with van der Waals surface area (Å²) in [6, 6.07) is 2.73. The number of hydrogen-bond acceptors (Lipinski definition) is 6. The summed E-state index contributed by atoms with van der Waals surface area (Å²) >= 11 is 0. The van der Waals surface area contributed by atoms with Gasteiger partial charge in [0.1, 0.15) is 0 Å². The second-order valence-corrected chi connectivity index (χ2v) is 8.21. The standard InChI is InChI=1S/C15H17N5O3S/c21-14(11-2-5-16-8-11)19-6-7-20(15-17-3-1-4-18-15)13-10-24(22,23)9-12(13)19/h1-5,8,12-13,16H,6-7,9-10H2/t12-,13+/m0/s1. The Labute approximate surface area is 139 Å². The SMILES string of the molecule is O=C(c1cc[nH]c1)N1CCN(c2ncccn2)[C@@H]2CS(=O)(=O)C[C@@H]21. The number of nitrogens with zero attached hydrogens (tertiary/aromatic N) is 4. The van der Waals surface area contributed by atoms with E-state index in [0.717, 1.165) is 0 Å². The summed E-state index contributed by atoms with van der Waals surface area (Å²) in [7, 11) is -3.20. The van der Waals surface area contributed by atoms with Crippen molar-refractivity contribution in [2.75, 3.05) is 29.5 Å². The quantitative estimate of drug-likeness (QED) is 0.817. The highest BCUT2D eigenvalue weighted by molar-refractivity contribution is 7.91. The molecule has 8 nitrogen and oxygen atoms in total. The van der Waals surface area contributed by atoms with Crippen molar-refractivity contribution in [1.29, 1.82) is 0 Å². The average molecular weight is 347 g/mol. The number of aromatic amines is 1. The smallest absolute Gasteiger partial charge is 0.255 e. The minimum atomic E-state index is -3.20. The van der Waals surface area contributed by atoms with Gasteiger partial charge in [0.2, 0.25) is 5.95 Å². The van der Waals surface area contributed by atoms with E-state index in [2.05, 4.69) is 15.0 Å². The van der Waals surface area contributed by atoms with Gasteiger partial charge < -0.3 is 14.8 Å². The van der Waals surface area contributed by atoms with Gasteiger partial charge in [-0.1, -0.05) is 0 Å². The summed E-state index contributed by atoms with van der Waals surface area (Å²) in [4.78, 5) is 27.7. The van der Waals surface area contributed by atoms with Gasteiger partial charge in [0.15, 0.2) is 9.84 Å². The van der Waals surface area contributed by atoms with Gasteiger partial charge in [-0.3, -0.25) is 4.79 Å². The number of sulfone groups is 1. The molecular weight excluding hydrogens is 330 g/mol. The number of anilines is 1. The number of nitrogens with one attached hydrogen (secondary N) is 1. The van der Waals surface area contributed by atoms with Gasteiger partial charge in [0.05, 0.1) is 29.2 Å². The zero-order valence-electron chi connectivity index (χ0n) is 12.9. The normalized spacial score (nSPS) is 25.5. The Bertz CT molecular complexity index is 837. The summed E-state index contributed by atoms with van der Waals surface area (Å²) in [6.45, 7) is 0.954. The first-order valence-corrected chi connectivity index (χ1v) is 9.55. The highest BCUT2D eigenvalue weighted by Gasteiger charge is 2.48. The molecule has 2 atom stereocenters. The molecule has 2 aliphatic heterocycles. The van der Waals surface area contributed by atoms with Crippen molar-refractivity contribution in [2.45, 2.75) is 12.1 Å². The van der Waals surface area contributed by atoms with E-state index in [1.165, 1.54) is 0 Å². The number of carbonyl (C=O) groups excluding carboxylic acids is 1. The fourth-order valence-electron chi connectivity index (χ4n) is 3.52. The van der Waals surface area contributed by atoms with Crippen LogP contribution in [0.25, 0.3) is 0 Å². The van der Waals surface area contributed by atoms with Gasteiger partial charge in [-0.25, -0.2) is 18.4 Å². The van der Waals surface area contributed by atoms with Crippen LogP contribution in [0.4, 0.5) is 5.95 Å². The molecule has 4 heterocycles. The maximum absolute atomic E-state index is 12.7. The second kappa shape index (κ2) is 5.59. The van der Waals surface area contributed by atoms with Crippen LogP contribution in [0.15, 0.2) is 36.9 Å².